The number of aromatic carboxylic acids is 1. The Kier molecular flexibility index (Phi) is 2.59. The van der Waals surface area contributed by atoms with Crippen molar-refractivity contribution in [1.82, 2.24) is 9.97 Å². The Bertz CT molecular complexity index is 529. The van der Waals surface area contributed by atoms with Gasteiger partial charge in [0.25, 0.3) is 0 Å². The van der Waals surface area contributed by atoms with Gasteiger partial charge in [0.15, 0.2) is 5.69 Å². The second kappa shape index (κ2) is 4.06. The molecule has 0 bridgehead atoms. The van der Waals surface area contributed by atoms with Gasteiger partial charge in [-0.15, -0.1) is 0 Å². The lowest BCUT2D eigenvalue weighted by atomic mass is 10.1. The number of aromatic nitrogens is 2. The van der Waals surface area contributed by atoms with E-state index in [-0.39, 0.29) is 5.69 Å². The average molecular weight is 218 g/mol. The summed E-state index contributed by atoms with van der Waals surface area (Å²) in [5, 5.41) is 8.90. The minimum Gasteiger partial charge on any atom is -0.476 e. The average Bonchev–Trinajstić information content (AvgIpc) is 2.30. The van der Waals surface area contributed by atoms with Gasteiger partial charge in [0.1, 0.15) is 0 Å². The van der Waals surface area contributed by atoms with Gasteiger partial charge >= 0.3 is 5.97 Å². The number of hydrogen-bond donors (Lipinski definition) is 1. The molecule has 0 atom stereocenters. The Morgan fingerprint density at radius 1 is 1.31 bits per heavy atom. The van der Waals surface area contributed by atoms with E-state index in [1.54, 1.807) is 18.3 Å². The van der Waals surface area contributed by atoms with Gasteiger partial charge in [0.05, 0.1) is 0 Å². The zero-order chi connectivity index (χ0) is 11.5. The van der Waals surface area contributed by atoms with Crippen molar-refractivity contribution in [2.75, 3.05) is 0 Å². The molecule has 4 nitrogen and oxygen atoms in total. The lowest BCUT2D eigenvalue weighted by Crippen LogP contribution is -2.04. The summed E-state index contributed by atoms with van der Waals surface area (Å²) in [5.74, 6) is -2.08. The van der Waals surface area contributed by atoms with Crippen molar-refractivity contribution in [2.24, 2.45) is 0 Å². The van der Waals surface area contributed by atoms with E-state index < -0.39 is 11.9 Å². The summed E-state index contributed by atoms with van der Waals surface area (Å²) in [5.41, 5.74) is 0.627. The molecule has 0 amide bonds. The van der Waals surface area contributed by atoms with Gasteiger partial charge in [-0.2, -0.15) is 4.39 Å². The second-order valence-electron chi connectivity index (χ2n) is 3.08. The Balaban J connectivity index is 2.61. The van der Waals surface area contributed by atoms with Crippen LogP contribution in [0.3, 0.4) is 0 Å². The molecule has 0 saturated heterocycles. The molecule has 0 aliphatic rings. The number of halogens is 1. The van der Waals surface area contributed by atoms with E-state index in [9.17, 15) is 9.18 Å². The van der Waals surface area contributed by atoms with Crippen molar-refractivity contribution in [3.8, 4) is 11.1 Å². The molecule has 0 fully saturated rings. The number of rotatable bonds is 2. The quantitative estimate of drug-likeness (QED) is 0.783. The largest absolute Gasteiger partial charge is 0.476 e. The number of hydrogen-bond acceptors (Lipinski definition) is 3. The second-order valence-corrected chi connectivity index (χ2v) is 3.08. The molecule has 2 aromatic heterocycles. The first-order valence-corrected chi connectivity index (χ1v) is 4.49. The van der Waals surface area contributed by atoms with Gasteiger partial charge in [0, 0.05) is 23.5 Å². The van der Waals surface area contributed by atoms with E-state index in [1.807, 2.05) is 0 Å². The van der Waals surface area contributed by atoms with Gasteiger partial charge in [-0.3, -0.25) is 4.98 Å². The molecule has 0 unspecified atom stereocenters. The van der Waals surface area contributed by atoms with Crippen LogP contribution in [0.5, 0.6) is 0 Å². The molecule has 80 valence electrons. The lowest BCUT2D eigenvalue weighted by Gasteiger charge is -2.04. The molecule has 0 aromatic carbocycles. The highest BCUT2D eigenvalue weighted by Gasteiger charge is 2.14. The number of pyridine rings is 2. The smallest absolute Gasteiger partial charge is 0.355 e. The predicted molar refractivity (Wildman–Crippen MR) is 54.4 cm³/mol. The molecular formula is C11H7FN2O2. The minimum absolute atomic E-state index is 0.312. The van der Waals surface area contributed by atoms with Crippen LogP contribution < -0.4 is 0 Å². The van der Waals surface area contributed by atoms with Crippen molar-refractivity contribution in [1.29, 1.82) is 0 Å². The van der Waals surface area contributed by atoms with Crippen LogP contribution in [-0.4, -0.2) is 21.0 Å². The monoisotopic (exact) mass is 218 g/mol. The number of nitrogens with zero attached hydrogens (tertiary/aromatic N) is 2. The van der Waals surface area contributed by atoms with Crippen LogP contribution in [0.2, 0.25) is 0 Å². The summed E-state index contributed by atoms with van der Waals surface area (Å²) in [4.78, 5) is 18.1. The van der Waals surface area contributed by atoms with Crippen molar-refractivity contribution in [3.63, 3.8) is 0 Å². The third-order valence-corrected chi connectivity index (χ3v) is 2.04. The first-order valence-electron chi connectivity index (χ1n) is 4.49. The van der Waals surface area contributed by atoms with Crippen LogP contribution in [0.25, 0.3) is 11.1 Å². The molecule has 2 rings (SSSR count). The molecule has 0 spiro atoms. The van der Waals surface area contributed by atoms with Gasteiger partial charge < -0.3 is 5.11 Å². The standard InChI is InChI=1S/C11H7FN2O2/c12-9-4-3-8(10(14-9)11(15)16)7-2-1-5-13-6-7/h1-6H,(H,15,16). The summed E-state index contributed by atoms with van der Waals surface area (Å²) >= 11 is 0. The summed E-state index contributed by atoms with van der Waals surface area (Å²) < 4.78 is 12.8. The summed E-state index contributed by atoms with van der Waals surface area (Å²) in [6, 6.07) is 5.86. The van der Waals surface area contributed by atoms with Crippen LogP contribution in [0, 0.1) is 5.95 Å². The zero-order valence-electron chi connectivity index (χ0n) is 8.09. The minimum atomic E-state index is -1.27. The maximum atomic E-state index is 12.8. The van der Waals surface area contributed by atoms with Crippen LogP contribution in [0.4, 0.5) is 4.39 Å². The molecule has 2 heterocycles. The molecule has 0 radical (unpaired) electrons. The highest BCUT2D eigenvalue weighted by molar-refractivity contribution is 5.93. The molecule has 2 aromatic rings. The summed E-state index contributed by atoms with van der Waals surface area (Å²) in [6.07, 6.45) is 3.07. The van der Waals surface area contributed by atoms with E-state index >= 15 is 0 Å². The highest BCUT2D eigenvalue weighted by Crippen LogP contribution is 2.21. The van der Waals surface area contributed by atoms with E-state index in [0.717, 1.165) is 6.07 Å². The van der Waals surface area contributed by atoms with E-state index in [1.165, 1.54) is 12.3 Å². The van der Waals surface area contributed by atoms with Crippen LogP contribution in [0.1, 0.15) is 10.5 Å². The molecule has 16 heavy (non-hydrogen) atoms. The fraction of sp³-hybridized carbons (Fsp3) is 0. The Morgan fingerprint density at radius 3 is 2.75 bits per heavy atom. The Hall–Kier alpha value is -2.30. The van der Waals surface area contributed by atoms with Crippen LogP contribution in [-0.2, 0) is 0 Å². The zero-order valence-corrected chi connectivity index (χ0v) is 8.09. The third-order valence-electron chi connectivity index (χ3n) is 2.04. The van der Waals surface area contributed by atoms with Gasteiger partial charge in [-0.1, -0.05) is 6.07 Å². The fourth-order valence-electron chi connectivity index (χ4n) is 1.35. The summed E-state index contributed by atoms with van der Waals surface area (Å²) in [7, 11) is 0. The Morgan fingerprint density at radius 2 is 2.12 bits per heavy atom. The maximum Gasteiger partial charge on any atom is 0.355 e. The third kappa shape index (κ3) is 1.88. The highest BCUT2D eigenvalue weighted by atomic mass is 19.1. The Labute approximate surface area is 90.4 Å². The first-order chi connectivity index (χ1) is 7.68. The van der Waals surface area contributed by atoms with Gasteiger partial charge in [0.2, 0.25) is 5.95 Å². The normalized spacial score (nSPS) is 10.1. The van der Waals surface area contributed by atoms with Crippen molar-refractivity contribution >= 4 is 5.97 Å². The van der Waals surface area contributed by atoms with Gasteiger partial charge in [-0.25, -0.2) is 9.78 Å². The van der Waals surface area contributed by atoms with E-state index in [0.29, 0.717) is 11.1 Å². The summed E-state index contributed by atoms with van der Waals surface area (Å²) in [6.45, 7) is 0. The van der Waals surface area contributed by atoms with Crippen molar-refractivity contribution in [2.45, 2.75) is 0 Å². The maximum absolute atomic E-state index is 12.8. The predicted octanol–water partition coefficient (Wildman–Crippen LogP) is 1.98. The molecule has 0 saturated carbocycles. The number of carbonyl (C=O) groups is 1. The topological polar surface area (TPSA) is 63.1 Å². The number of carboxylic acid groups (broad SMARTS) is 1. The van der Waals surface area contributed by atoms with Gasteiger partial charge in [-0.05, 0) is 18.2 Å². The fourth-order valence-corrected chi connectivity index (χ4v) is 1.35. The molecule has 0 aliphatic heterocycles. The van der Waals surface area contributed by atoms with Crippen molar-refractivity contribution in [3.05, 3.63) is 48.3 Å². The van der Waals surface area contributed by atoms with E-state index in [4.69, 9.17) is 5.11 Å². The lowest BCUT2D eigenvalue weighted by molar-refractivity contribution is 0.0690. The van der Waals surface area contributed by atoms with Crippen LogP contribution in [0.15, 0.2) is 36.7 Å². The number of carboxylic acids is 1. The molecule has 5 heteroatoms. The van der Waals surface area contributed by atoms with Crippen molar-refractivity contribution < 1.29 is 14.3 Å². The molecule has 0 aliphatic carbocycles. The molecule has 1 N–H and O–H groups in total. The van der Waals surface area contributed by atoms with Crippen LogP contribution >= 0.6 is 0 Å². The molecular weight excluding hydrogens is 211 g/mol. The SMILES string of the molecule is O=C(O)c1nc(F)ccc1-c1cccnc1. The van der Waals surface area contributed by atoms with E-state index in [2.05, 4.69) is 9.97 Å². The first kappa shape index (κ1) is 10.2.